The summed E-state index contributed by atoms with van der Waals surface area (Å²) in [6.07, 6.45) is 0.794. The van der Waals surface area contributed by atoms with Gasteiger partial charge in [0.05, 0.1) is 6.42 Å². The molecule has 128 valence electrons. The lowest BCUT2D eigenvalue weighted by atomic mass is 10.1. The average molecular weight is 337 g/mol. The molecule has 25 heavy (non-hydrogen) atoms. The van der Waals surface area contributed by atoms with Gasteiger partial charge in [-0.25, -0.2) is 0 Å². The van der Waals surface area contributed by atoms with Crippen LogP contribution < -0.4 is 16.0 Å². The van der Waals surface area contributed by atoms with E-state index in [1.807, 2.05) is 6.07 Å². The number of fused-ring (bicyclic) bond motifs is 1. The fraction of sp³-hybridized carbons (Fsp3) is 0.211. The number of nitrogens with one attached hydrogen (secondary N) is 1. The molecular weight excluding hydrogens is 318 g/mol. The van der Waals surface area contributed by atoms with E-state index in [0.717, 1.165) is 17.7 Å². The number of anilines is 2. The zero-order chi connectivity index (χ0) is 18.0. The Balaban J connectivity index is 1.82. The van der Waals surface area contributed by atoms with Gasteiger partial charge >= 0.3 is 0 Å². The second kappa shape index (κ2) is 6.76. The number of rotatable bonds is 4. The van der Waals surface area contributed by atoms with Crippen LogP contribution >= 0.6 is 0 Å². The van der Waals surface area contributed by atoms with Crippen LogP contribution in [0.4, 0.5) is 11.4 Å². The van der Waals surface area contributed by atoms with Crippen LogP contribution in [0.5, 0.6) is 0 Å². The van der Waals surface area contributed by atoms with Gasteiger partial charge in [-0.2, -0.15) is 0 Å². The average Bonchev–Trinajstić information content (AvgIpc) is 2.99. The minimum atomic E-state index is -0.455. The summed E-state index contributed by atoms with van der Waals surface area (Å²) in [5, 5.41) is 2.83. The molecule has 3 N–H and O–H groups in total. The number of hydrogen-bond acceptors (Lipinski definition) is 3. The number of benzene rings is 2. The number of hydrogen-bond donors (Lipinski definition) is 2. The van der Waals surface area contributed by atoms with Crippen LogP contribution in [0.2, 0.25) is 0 Å². The molecule has 1 heterocycles. The van der Waals surface area contributed by atoms with Crippen LogP contribution in [-0.4, -0.2) is 24.3 Å². The highest BCUT2D eigenvalue weighted by atomic mass is 16.2. The number of carbonyl (C=O) groups excluding carboxylic acids is 3. The molecule has 1 aliphatic heterocycles. The predicted molar refractivity (Wildman–Crippen MR) is 95.5 cm³/mol. The maximum absolute atomic E-state index is 12.6. The standard InChI is InChI=1S/C19H19N3O3/c1-12(23)22-9-8-14-10-15(6-7-17(14)22)19(25)21-16-5-3-2-4-13(16)11-18(20)24/h2-7,10H,8-9,11H2,1H3,(H2,20,24)(H,21,25). The molecule has 0 atom stereocenters. The number of para-hydroxylation sites is 1. The maximum atomic E-state index is 12.6. The smallest absolute Gasteiger partial charge is 0.255 e. The Kier molecular flexibility index (Phi) is 4.52. The summed E-state index contributed by atoms with van der Waals surface area (Å²) in [5.41, 5.74) is 8.84. The number of nitrogens with zero attached hydrogens (tertiary/aromatic N) is 1. The zero-order valence-electron chi connectivity index (χ0n) is 13.9. The normalized spacial score (nSPS) is 12.6. The fourth-order valence-electron chi connectivity index (χ4n) is 3.05. The van der Waals surface area contributed by atoms with E-state index >= 15 is 0 Å². The van der Waals surface area contributed by atoms with Gasteiger partial charge in [0.2, 0.25) is 11.8 Å². The van der Waals surface area contributed by atoms with Crippen LogP contribution in [0.15, 0.2) is 42.5 Å². The largest absolute Gasteiger partial charge is 0.369 e. The molecule has 2 aromatic rings. The lowest BCUT2D eigenvalue weighted by molar-refractivity contribution is -0.117. The molecule has 1 aliphatic rings. The van der Waals surface area contributed by atoms with Gasteiger partial charge in [0.15, 0.2) is 0 Å². The number of carbonyl (C=O) groups is 3. The van der Waals surface area contributed by atoms with Crippen LogP contribution in [0.1, 0.15) is 28.4 Å². The van der Waals surface area contributed by atoms with Crippen molar-refractivity contribution in [3.63, 3.8) is 0 Å². The van der Waals surface area contributed by atoms with E-state index in [2.05, 4.69) is 5.32 Å². The molecular formula is C19H19N3O3. The summed E-state index contributed by atoms with van der Waals surface area (Å²) < 4.78 is 0. The van der Waals surface area contributed by atoms with Crippen molar-refractivity contribution >= 4 is 29.1 Å². The van der Waals surface area contributed by atoms with E-state index < -0.39 is 5.91 Å². The van der Waals surface area contributed by atoms with Crippen LogP contribution in [0, 0.1) is 0 Å². The summed E-state index contributed by atoms with van der Waals surface area (Å²) >= 11 is 0. The van der Waals surface area contributed by atoms with Gasteiger partial charge in [0.1, 0.15) is 0 Å². The molecule has 0 spiro atoms. The van der Waals surface area contributed by atoms with Crippen molar-refractivity contribution in [3.8, 4) is 0 Å². The molecule has 0 bridgehead atoms. The van der Waals surface area contributed by atoms with Crippen molar-refractivity contribution in [3.05, 3.63) is 59.2 Å². The number of amides is 3. The molecule has 0 fully saturated rings. The quantitative estimate of drug-likeness (QED) is 0.892. The monoisotopic (exact) mass is 337 g/mol. The molecule has 6 nitrogen and oxygen atoms in total. The van der Waals surface area contributed by atoms with Gasteiger partial charge in [-0.15, -0.1) is 0 Å². The highest BCUT2D eigenvalue weighted by molar-refractivity contribution is 6.06. The van der Waals surface area contributed by atoms with Crippen LogP contribution in [0.3, 0.4) is 0 Å². The van der Waals surface area contributed by atoms with Crippen molar-refractivity contribution in [1.29, 1.82) is 0 Å². The fourth-order valence-corrected chi connectivity index (χ4v) is 3.05. The van der Waals surface area contributed by atoms with Crippen molar-refractivity contribution in [2.24, 2.45) is 5.73 Å². The molecule has 6 heteroatoms. The summed E-state index contributed by atoms with van der Waals surface area (Å²) in [4.78, 5) is 37.0. The lowest BCUT2D eigenvalue weighted by Crippen LogP contribution is -2.25. The second-order valence-corrected chi connectivity index (χ2v) is 6.02. The molecule has 0 radical (unpaired) electrons. The first-order valence-corrected chi connectivity index (χ1v) is 8.04. The van der Waals surface area contributed by atoms with Crippen molar-refractivity contribution < 1.29 is 14.4 Å². The van der Waals surface area contributed by atoms with Crippen molar-refractivity contribution in [1.82, 2.24) is 0 Å². The zero-order valence-corrected chi connectivity index (χ0v) is 13.9. The van der Waals surface area contributed by atoms with E-state index in [1.165, 1.54) is 6.92 Å². The van der Waals surface area contributed by atoms with Gasteiger partial charge in [0, 0.05) is 30.4 Å². The van der Waals surface area contributed by atoms with Gasteiger partial charge < -0.3 is 16.0 Å². The van der Waals surface area contributed by atoms with E-state index in [-0.39, 0.29) is 18.2 Å². The maximum Gasteiger partial charge on any atom is 0.255 e. The van der Waals surface area contributed by atoms with E-state index in [4.69, 9.17) is 5.73 Å². The Hall–Kier alpha value is -3.15. The molecule has 3 amide bonds. The molecule has 3 rings (SSSR count). The molecule has 0 saturated heterocycles. The summed E-state index contributed by atoms with van der Waals surface area (Å²) in [5.74, 6) is -0.721. The van der Waals surface area contributed by atoms with Crippen LogP contribution in [-0.2, 0) is 22.4 Å². The number of primary amides is 1. The van der Waals surface area contributed by atoms with E-state index in [1.54, 1.807) is 41.3 Å². The molecule has 0 aromatic heterocycles. The van der Waals surface area contributed by atoms with Gasteiger partial charge in [-0.3, -0.25) is 14.4 Å². The Morgan fingerprint density at radius 1 is 1.16 bits per heavy atom. The predicted octanol–water partition coefficient (Wildman–Crippen LogP) is 1.88. The van der Waals surface area contributed by atoms with Gasteiger partial charge in [-0.05, 0) is 41.8 Å². The third kappa shape index (κ3) is 3.52. The second-order valence-electron chi connectivity index (χ2n) is 6.02. The van der Waals surface area contributed by atoms with Crippen molar-refractivity contribution in [2.45, 2.75) is 19.8 Å². The number of nitrogens with two attached hydrogens (primary N) is 1. The summed E-state index contributed by atoms with van der Waals surface area (Å²) in [6, 6.07) is 12.4. The SMILES string of the molecule is CC(=O)N1CCc2cc(C(=O)Nc3ccccc3CC(N)=O)ccc21. The minimum absolute atomic E-state index is 0.00340. The third-order valence-corrected chi connectivity index (χ3v) is 4.25. The Morgan fingerprint density at radius 2 is 1.92 bits per heavy atom. The molecule has 0 saturated carbocycles. The Bertz CT molecular complexity index is 861. The Morgan fingerprint density at radius 3 is 2.64 bits per heavy atom. The van der Waals surface area contributed by atoms with Crippen molar-refractivity contribution in [2.75, 3.05) is 16.8 Å². The van der Waals surface area contributed by atoms with Gasteiger partial charge in [0.25, 0.3) is 5.91 Å². The van der Waals surface area contributed by atoms with E-state index in [9.17, 15) is 14.4 Å². The minimum Gasteiger partial charge on any atom is -0.369 e. The highest BCUT2D eigenvalue weighted by Crippen LogP contribution is 2.29. The highest BCUT2D eigenvalue weighted by Gasteiger charge is 2.23. The first-order valence-electron chi connectivity index (χ1n) is 8.04. The lowest BCUT2D eigenvalue weighted by Gasteiger charge is -2.15. The summed E-state index contributed by atoms with van der Waals surface area (Å²) in [6.45, 7) is 2.17. The molecule has 0 unspecified atom stereocenters. The topological polar surface area (TPSA) is 92.5 Å². The third-order valence-electron chi connectivity index (χ3n) is 4.25. The van der Waals surface area contributed by atoms with Crippen LogP contribution in [0.25, 0.3) is 0 Å². The first-order chi connectivity index (χ1) is 12.0. The first kappa shape index (κ1) is 16.7. The van der Waals surface area contributed by atoms with Gasteiger partial charge in [-0.1, -0.05) is 18.2 Å². The molecule has 2 aromatic carbocycles. The van der Waals surface area contributed by atoms with E-state index in [0.29, 0.717) is 23.4 Å². The Labute approximate surface area is 145 Å². The summed E-state index contributed by atoms with van der Waals surface area (Å²) in [7, 11) is 0. The molecule has 0 aliphatic carbocycles.